The van der Waals surface area contributed by atoms with Crippen LogP contribution in [-0.2, 0) is 21.1 Å². The van der Waals surface area contributed by atoms with E-state index in [1.165, 1.54) is 25.3 Å². The standard InChI is InChI=1S/C21H22FN3O4S/c1-13-24-20-18(14-4-6-17(7-5-14)30(3,27)28)10-15(21(26)29-2)11-19(20)25(13)12-16(22)8-9-23/h4-8,10-11H,9,12,23H2,1-3H3/b16-8-. The van der Waals surface area contributed by atoms with E-state index in [4.69, 9.17) is 10.5 Å². The van der Waals surface area contributed by atoms with Gasteiger partial charge < -0.3 is 15.0 Å². The molecule has 7 nitrogen and oxygen atoms in total. The molecule has 30 heavy (non-hydrogen) atoms. The number of benzene rings is 2. The van der Waals surface area contributed by atoms with Crippen LogP contribution in [0.4, 0.5) is 4.39 Å². The van der Waals surface area contributed by atoms with Crippen molar-refractivity contribution in [3.05, 3.63) is 59.7 Å². The van der Waals surface area contributed by atoms with Crippen molar-refractivity contribution in [1.29, 1.82) is 0 Å². The third-order valence-electron chi connectivity index (χ3n) is 4.71. The van der Waals surface area contributed by atoms with Crippen LogP contribution in [0.5, 0.6) is 0 Å². The lowest BCUT2D eigenvalue weighted by atomic mass is 10.0. The van der Waals surface area contributed by atoms with Crippen LogP contribution >= 0.6 is 0 Å². The highest BCUT2D eigenvalue weighted by Crippen LogP contribution is 2.32. The van der Waals surface area contributed by atoms with Crippen LogP contribution in [0.25, 0.3) is 22.2 Å². The Morgan fingerprint density at radius 2 is 1.93 bits per heavy atom. The van der Waals surface area contributed by atoms with Crippen molar-refractivity contribution in [3.63, 3.8) is 0 Å². The number of allylic oxidation sites excluding steroid dienone is 1. The van der Waals surface area contributed by atoms with Gasteiger partial charge in [0.2, 0.25) is 0 Å². The number of fused-ring (bicyclic) bond motifs is 1. The summed E-state index contributed by atoms with van der Waals surface area (Å²) in [6, 6.07) is 9.52. The first-order chi connectivity index (χ1) is 14.2. The third kappa shape index (κ3) is 4.27. The van der Waals surface area contributed by atoms with Gasteiger partial charge in [0.1, 0.15) is 11.7 Å². The summed E-state index contributed by atoms with van der Waals surface area (Å²) < 4.78 is 44.2. The molecule has 2 N–H and O–H groups in total. The van der Waals surface area contributed by atoms with Crippen molar-refractivity contribution in [3.8, 4) is 11.1 Å². The zero-order chi connectivity index (χ0) is 22.1. The van der Waals surface area contributed by atoms with Crippen molar-refractivity contribution < 1.29 is 22.3 Å². The maximum absolute atomic E-state index is 14.2. The fourth-order valence-electron chi connectivity index (χ4n) is 3.22. The molecule has 0 spiro atoms. The van der Waals surface area contributed by atoms with Crippen LogP contribution in [0.15, 0.2) is 53.2 Å². The number of nitrogens with zero attached hydrogens (tertiary/aromatic N) is 2. The second kappa shape index (κ2) is 8.37. The van der Waals surface area contributed by atoms with Gasteiger partial charge >= 0.3 is 5.97 Å². The minimum absolute atomic E-state index is 0.0723. The molecule has 0 amide bonds. The van der Waals surface area contributed by atoms with Crippen molar-refractivity contribution in [2.24, 2.45) is 5.73 Å². The SMILES string of the molecule is COC(=O)c1cc(-c2ccc(S(C)(=O)=O)cc2)c2nc(C)n(C/C(F)=C/CN)c2c1. The number of halogens is 1. The zero-order valence-corrected chi connectivity index (χ0v) is 17.7. The Morgan fingerprint density at radius 1 is 1.27 bits per heavy atom. The Labute approximate surface area is 173 Å². The van der Waals surface area contributed by atoms with E-state index in [2.05, 4.69) is 4.98 Å². The highest BCUT2D eigenvalue weighted by Gasteiger charge is 2.18. The smallest absolute Gasteiger partial charge is 0.337 e. The molecule has 0 bridgehead atoms. The summed E-state index contributed by atoms with van der Waals surface area (Å²) in [6.45, 7) is 1.74. The molecule has 1 aromatic heterocycles. The number of hydrogen-bond acceptors (Lipinski definition) is 6. The number of carbonyl (C=O) groups is 1. The molecule has 0 radical (unpaired) electrons. The predicted octanol–water partition coefficient (Wildman–Crippen LogP) is 3.01. The summed E-state index contributed by atoms with van der Waals surface area (Å²) in [6.07, 6.45) is 2.41. The summed E-state index contributed by atoms with van der Waals surface area (Å²) in [5.74, 6) is -0.404. The van der Waals surface area contributed by atoms with Gasteiger partial charge in [0, 0.05) is 18.4 Å². The molecule has 3 rings (SSSR count). The molecule has 0 unspecified atom stereocenters. The van der Waals surface area contributed by atoms with E-state index in [0.717, 1.165) is 6.26 Å². The van der Waals surface area contributed by atoms with Crippen LogP contribution in [0.3, 0.4) is 0 Å². The average molecular weight is 431 g/mol. The molecule has 0 aliphatic heterocycles. The number of sulfone groups is 1. The number of ether oxygens (including phenoxy) is 1. The maximum Gasteiger partial charge on any atom is 0.337 e. The van der Waals surface area contributed by atoms with Gasteiger partial charge in [0.05, 0.1) is 35.1 Å². The van der Waals surface area contributed by atoms with E-state index in [-0.39, 0.29) is 23.5 Å². The van der Waals surface area contributed by atoms with E-state index in [1.807, 2.05) is 0 Å². The molecule has 1 heterocycles. The molecule has 0 aliphatic rings. The van der Waals surface area contributed by atoms with Gasteiger partial charge in [-0.15, -0.1) is 0 Å². The highest BCUT2D eigenvalue weighted by molar-refractivity contribution is 7.90. The molecule has 158 valence electrons. The van der Waals surface area contributed by atoms with Crippen molar-refractivity contribution in [2.75, 3.05) is 19.9 Å². The van der Waals surface area contributed by atoms with Crippen LogP contribution < -0.4 is 5.73 Å². The van der Waals surface area contributed by atoms with Gasteiger partial charge in [0.25, 0.3) is 0 Å². The fraction of sp³-hybridized carbons (Fsp3) is 0.238. The van der Waals surface area contributed by atoms with Crippen LogP contribution in [0.1, 0.15) is 16.2 Å². The highest BCUT2D eigenvalue weighted by atomic mass is 32.2. The Hall–Kier alpha value is -3.04. The van der Waals surface area contributed by atoms with Gasteiger partial charge in [-0.1, -0.05) is 12.1 Å². The number of aryl methyl sites for hydroxylation is 1. The van der Waals surface area contributed by atoms with Gasteiger partial charge in [-0.25, -0.2) is 22.6 Å². The first-order valence-corrected chi connectivity index (χ1v) is 11.0. The first kappa shape index (κ1) is 21.7. The quantitative estimate of drug-likeness (QED) is 0.602. The number of nitrogens with two attached hydrogens (primary N) is 1. The van der Waals surface area contributed by atoms with Crippen LogP contribution in [0, 0.1) is 6.92 Å². The van der Waals surface area contributed by atoms with E-state index >= 15 is 0 Å². The minimum atomic E-state index is -3.34. The molecule has 3 aromatic rings. The number of carbonyl (C=O) groups excluding carboxylic acids is 1. The molecule has 0 saturated carbocycles. The molecule has 0 fully saturated rings. The largest absolute Gasteiger partial charge is 0.465 e. The Balaban J connectivity index is 2.25. The average Bonchev–Trinajstić information content (AvgIpc) is 3.01. The van der Waals surface area contributed by atoms with Gasteiger partial charge in [-0.2, -0.15) is 0 Å². The molecule has 0 aliphatic carbocycles. The fourth-order valence-corrected chi connectivity index (χ4v) is 3.85. The number of rotatable bonds is 6. The van der Waals surface area contributed by atoms with Gasteiger partial charge in [-0.3, -0.25) is 0 Å². The lowest BCUT2D eigenvalue weighted by Gasteiger charge is -2.10. The van der Waals surface area contributed by atoms with Crippen molar-refractivity contribution >= 4 is 26.8 Å². The maximum atomic E-state index is 14.2. The number of methoxy groups -OCH3 is 1. The summed E-state index contributed by atoms with van der Waals surface area (Å²) >= 11 is 0. The second-order valence-electron chi connectivity index (χ2n) is 6.81. The number of hydrogen-bond donors (Lipinski definition) is 1. The summed E-state index contributed by atoms with van der Waals surface area (Å²) in [5, 5.41) is 0. The lowest BCUT2D eigenvalue weighted by Crippen LogP contribution is -2.05. The van der Waals surface area contributed by atoms with Crippen LogP contribution in [0.2, 0.25) is 0 Å². The molecular weight excluding hydrogens is 409 g/mol. The Kier molecular flexibility index (Phi) is 6.04. The lowest BCUT2D eigenvalue weighted by molar-refractivity contribution is 0.0601. The molecular formula is C21H22FN3O4S. The topological polar surface area (TPSA) is 104 Å². The molecule has 2 aromatic carbocycles. The van der Waals surface area contributed by atoms with E-state index in [0.29, 0.717) is 28.0 Å². The zero-order valence-electron chi connectivity index (χ0n) is 16.8. The van der Waals surface area contributed by atoms with Crippen molar-refractivity contribution in [1.82, 2.24) is 9.55 Å². The van der Waals surface area contributed by atoms with E-state index in [1.54, 1.807) is 35.8 Å². The summed E-state index contributed by atoms with van der Waals surface area (Å²) in [4.78, 5) is 17.0. The van der Waals surface area contributed by atoms with E-state index < -0.39 is 21.6 Å². The van der Waals surface area contributed by atoms with Gasteiger partial charge in [0.15, 0.2) is 9.84 Å². The summed E-state index contributed by atoms with van der Waals surface area (Å²) in [7, 11) is -2.07. The number of esters is 1. The second-order valence-corrected chi connectivity index (χ2v) is 8.83. The number of aromatic nitrogens is 2. The first-order valence-electron chi connectivity index (χ1n) is 9.10. The Morgan fingerprint density at radius 3 is 2.50 bits per heavy atom. The number of imidazole rings is 1. The molecule has 0 saturated heterocycles. The minimum Gasteiger partial charge on any atom is -0.465 e. The Bertz CT molecular complexity index is 1250. The normalized spacial score (nSPS) is 12.4. The molecule has 0 atom stereocenters. The monoisotopic (exact) mass is 431 g/mol. The summed E-state index contributed by atoms with van der Waals surface area (Å²) in [5.41, 5.74) is 8.06. The van der Waals surface area contributed by atoms with Gasteiger partial charge in [-0.05, 0) is 42.8 Å². The predicted molar refractivity (Wildman–Crippen MR) is 113 cm³/mol. The molecule has 9 heteroatoms. The van der Waals surface area contributed by atoms with Crippen LogP contribution in [-0.4, -0.2) is 43.8 Å². The van der Waals surface area contributed by atoms with E-state index in [9.17, 15) is 17.6 Å². The van der Waals surface area contributed by atoms with Crippen molar-refractivity contribution in [2.45, 2.75) is 18.4 Å². The third-order valence-corrected chi connectivity index (χ3v) is 5.84.